The van der Waals surface area contributed by atoms with Crippen LogP contribution in [-0.2, 0) is 29.1 Å². The van der Waals surface area contributed by atoms with Crippen molar-refractivity contribution in [3.8, 4) is 11.8 Å². The Morgan fingerprint density at radius 1 is 1.14 bits per heavy atom. The van der Waals surface area contributed by atoms with Gasteiger partial charge in [-0.15, -0.1) is 11.3 Å². The van der Waals surface area contributed by atoms with Crippen LogP contribution in [0.25, 0.3) is 10.2 Å². The number of ether oxygens (including phenoxy) is 2. The van der Waals surface area contributed by atoms with Crippen LogP contribution >= 0.6 is 47.4 Å². The van der Waals surface area contributed by atoms with E-state index in [0.29, 0.717) is 26.6 Å². The fourth-order valence-corrected chi connectivity index (χ4v) is 6.51. The highest BCUT2D eigenvalue weighted by molar-refractivity contribution is 7.80. The third kappa shape index (κ3) is 7.64. The summed E-state index contributed by atoms with van der Waals surface area (Å²) in [6.45, 7) is 7.46. The van der Waals surface area contributed by atoms with Crippen LogP contribution in [0, 0.1) is 16.4 Å². The molecule has 2 aromatic heterocycles. The molecule has 0 atom stereocenters. The van der Waals surface area contributed by atoms with Gasteiger partial charge in [0.2, 0.25) is 0 Å². The molecule has 0 amide bonds. The maximum atomic E-state index is 12.7. The van der Waals surface area contributed by atoms with E-state index in [1.54, 1.807) is 17.4 Å². The Labute approximate surface area is 265 Å². The topological polar surface area (TPSA) is 55.7 Å². The fourth-order valence-electron chi connectivity index (χ4n) is 4.64. The zero-order valence-corrected chi connectivity index (χ0v) is 26.4. The molecule has 42 heavy (non-hydrogen) atoms. The first-order valence-electron chi connectivity index (χ1n) is 13.7. The Kier molecular flexibility index (Phi) is 10.4. The van der Waals surface area contributed by atoms with Gasteiger partial charge in [-0.05, 0) is 48.4 Å². The van der Waals surface area contributed by atoms with Gasteiger partial charge < -0.3 is 19.4 Å². The van der Waals surface area contributed by atoms with Gasteiger partial charge in [0.25, 0.3) is 0 Å². The van der Waals surface area contributed by atoms with Gasteiger partial charge in [-0.3, -0.25) is 4.90 Å². The molecule has 1 fully saturated rings. The SMILES string of the molecule is CCn1cc(C(=S)NCc2ccc(Cl)cc2)c(=S)c2cc(C#CCOC(=O)c3cccc(CN4CCOCC4)c3)sc21. The number of rotatable bonds is 8. The quantitative estimate of drug-likeness (QED) is 0.133. The van der Waals surface area contributed by atoms with Gasteiger partial charge in [-0.1, -0.05) is 72.1 Å². The van der Waals surface area contributed by atoms with Gasteiger partial charge in [0.15, 0.2) is 6.61 Å². The number of aryl methyl sites for hydroxylation is 1. The Balaban J connectivity index is 1.23. The van der Waals surface area contributed by atoms with Crippen LogP contribution < -0.4 is 5.32 Å². The zero-order chi connectivity index (χ0) is 29.5. The van der Waals surface area contributed by atoms with Gasteiger partial charge in [-0.25, -0.2) is 4.79 Å². The van der Waals surface area contributed by atoms with Crippen molar-refractivity contribution in [2.45, 2.75) is 26.6 Å². The van der Waals surface area contributed by atoms with Crippen LogP contribution in [0.4, 0.5) is 0 Å². The lowest BCUT2D eigenvalue weighted by Gasteiger charge is -2.26. The molecule has 1 aliphatic rings. The first-order valence-corrected chi connectivity index (χ1v) is 15.7. The maximum Gasteiger partial charge on any atom is 0.339 e. The first-order chi connectivity index (χ1) is 20.4. The van der Waals surface area contributed by atoms with E-state index in [1.807, 2.05) is 54.7 Å². The fraction of sp³-hybridized carbons (Fsp3) is 0.281. The first kappa shape index (κ1) is 30.4. The van der Waals surface area contributed by atoms with Crippen molar-refractivity contribution >= 4 is 68.5 Å². The average Bonchev–Trinajstić information content (AvgIpc) is 3.44. The molecule has 6 nitrogen and oxygen atoms in total. The summed E-state index contributed by atoms with van der Waals surface area (Å²) in [6, 6.07) is 17.2. The van der Waals surface area contributed by atoms with Crippen molar-refractivity contribution in [2.24, 2.45) is 0 Å². The predicted octanol–water partition coefficient (Wildman–Crippen LogP) is 6.61. The molecular formula is C32H30ClN3O3S3. The molecule has 0 radical (unpaired) electrons. The molecule has 1 aliphatic heterocycles. The molecule has 4 aromatic rings. The van der Waals surface area contributed by atoms with Gasteiger partial charge >= 0.3 is 5.97 Å². The summed E-state index contributed by atoms with van der Waals surface area (Å²) in [5, 5.41) is 4.95. The van der Waals surface area contributed by atoms with Crippen molar-refractivity contribution < 1.29 is 14.3 Å². The number of carbonyl (C=O) groups excluding carboxylic acids is 1. The summed E-state index contributed by atoms with van der Waals surface area (Å²) in [5.74, 6) is 5.74. The van der Waals surface area contributed by atoms with E-state index < -0.39 is 0 Å². The van der Waals surface area contributed by atoms with E-state index in [0.717, 1.165) is 71.2 Å². The molecule has 1 saturated heterocycles. The predicted molar refractivity (Wildman–Crippen MR) is 176 cm³/mol. The molecule has 10 heteroatoms. The van der Waals surface area contributed by atoms with Crippen LogP contribution in [0.15, 0.2) is 60.8 Å². The minimum absolute atomic E-state index is 0.000760. The highest BCUT2D eigenvalue weighted by Gasteiger charge is 2.14. The number of aromatic nitrogens is 1. The minimum Gasteiger partial charge on any atom is -0.449 e. The van der Waals surface area contributed by atoms with Gasteiger partial charge in [0.1, 0.15) is 9.82 Å². The van der Waals surface area contributed by atoms with Crippen molar-refractivity contribution in [2.75, 3.05) is 32.9 Å². The van der Waals surface area contributed by atoms with E-state index in [-0.39, 0.29) is 12.6 Å². The van der Waals surface area contributed by atoms with Crippen molar-refractivity contribution in [3.63, 3.8) is 0 Å². The smallest absolute Gasteiger partial charge is 0.339 e. The van der Waals surface area contributed by atoms with Crippen LogP contribution in [0.1, 0.15) is 38.8 Å². The molecule has 2 aromatic carbocycles. The molecule has 216 valence electrons. The molecule has 1 N–H and O–H groups in total. The van der Waals surface area contributed by atoms with Crippen molar-refractivity contribution in [1.82, 2.24) is 14.8 Å². The number of hydrogen-bond donors (Lipinski definition) is 1. The molecule has 0 saturated carbocycles. The van der Waals surface area contributed by atoms with Gasteiger partial charge in [0, 0.05) is 54.9 Å². The third-order valence-corrected chi connectivity index (χ3v) is 9.00. The highest BCUT2D eigenvalue weighted by atomic mass is 35.5. The van der Waals surface area contributed by atoms with E-state index in [2.05, 4.69) is 33.5 Å². The number of halogens is 1. The largest absolute Gasteiger partial charge is 0.449 e. The summed E-state index contributed by atoms with van der Waals surface area (Å²) in [6.07, 6.45) is 2.00. The van der Waals surface area contributed by atoms with Crippen molar-refractivity contribution in [1.29, 1.82) is 0 Å². The number of esters is 1. The minimum atomic E-state index is -0.384. The number of morpholine rings is 1. The van der Waals surface area contributed by atoms with E-state index >= 15 is 0 Å². The van der Waals surface area contributed by atoms with Crippen molar-refractivity contribution in [3.05, 3.63) is 97.5 Å². The highest BCUT2D eigenvalue weighted by Crippen LogP contribution is 2.28. The average molecular weight is 636 g/mol. The molecule has 0 unspecified atom stereocenters. The summed E-state index contributed by atoms with van der Waals surface area (Å²) >= 11 is 19.1. The summed E-state index contributed by atoms with van der Waals surface area (Å²) in [7, 11) is 0. The molecule has 0 spiro atoms. The van der Waals surface area contributed by atoms with Crippen LogP contribution in [-0.4, -0.2) is 53.3 Å². The number of nitrogens with zero attached hydrogens (tertiary/aromatic N) is 2. The Bertz CT molecular complexity index is 1710. The number of thiocarbonyl (C=S) groups is 1. The maximum absolute atomic E-state index is 12.7. The standard InChI is InChI=1S/C32H30ClN3O3S3/c1-2-36-21-28(30(41)34-19-22-8-10-25(33)11-9-22)29(40)27-18-26(42-31(27)36)7-4-14-39-32(37)24-6-3-5-23(17-24)20-35-12-15-38-16-13-35/h3,5-6,8-11,17-18,21H,2,12-16,19-20H2,1H3,(H,34,41). The number of carbonyl (C=O) groups is 1. The van der Waals surface area contributed by atoms with E-state index in [1.165, 1.54) is 0 Å². The second kappa shape index (κ2) is 14.4. The lowest BCUT2D eigenvalue weighted by atomic mass is 10.1. The number of benzene rings is 2. The molecule has 0 bridgehead atoms. The normalized spacial score (nSPS) is 13.4. The van der Waals surface area contributed by atoms with Gasteiger partial charge in [0.05, 0.1) is 28.2 Å². The lowest BCUT2D eigenvalue weighted by molar-refractivity contribution is 0.0341. The zero-order valence-electron chi connectivity index (χ0n) is 23.2. The number of thiophene rings is 1. The van der Waals surface area contributed by atoms with Crippen LogP contribution in [0.2, 0.25) is 5.02 Å². The second-order valence-electron chi connectivity index (χ2n) is 9.76. The summed E-state index contributed by atoms with van der Waals surface area (Å²) < 4.78 is 13.7. The molecule has 3 heterocycles. The Morgan fingerprint density at radius 3 is 2.69 bits per heavy atom. The summed E-state index contributed by atoms with van der Waals surface area (Å²) in [4.78, 5) is 17.5. The molecule has 5 rings (SSSR count). The Hall–Kier alpha value is -3.10. The molecule has 0 aliphatic carbocycles. The lowest BCUT2D eigenvalue weighted by Crippen LogP contribution is -2.35. The summed E-state index contributed by atoms with van der Waals surface area (Å²) in [5.41, 5.74) is 3.49. The monoisotopic (exact) mass is 635 g/mol. The van der Waals surface area contributed by atoms with Crippen LogP contribution in [0.5, 0.6) is 0 Å². The number of pyridine rings is 1. The Morgan fingerprint density at radius 2 is 1.93 bits per heavy atom. The van der Waals surface area contributed by atoms with Crippen LogP contribution in [0.3, 0.4) is 0 Å². The number of nitrogens with one attached hydrogen (secondary N) is 1. The van der Waals surface area contributed by atoms with E-state index in [4.69, 9.17) is 45.5 Å². The third-order valence-electron chi connectivity index (χ3n) is 6.86. The van der Waals surface area contributed by atoms with Gasteiger partial charge in [-0.2, -0.15) is 0 Å². The number of fused-ring (bicyclic) bond motifs is 1. The number of hydrogen-bond acceptors (Lipinski definition) is 7. The van der Waals surface area contributed by atoms with E-state index in [9.17, 15) is 4.79 Å². The molecular weight excluding hydrogens is 606 g/mol. The second-order valence-corrected chi connectivity index (χ2v) is 12.0.